The zero-order chi connectivity index (χ0) is 17.9. The van der Waals surface area contributed by atoms with Crippen LogP contribution >= 0.6 is 23.1 Å². The Balaban J connectivity index is 2.09. The molecule has 1 heterocycles. The Morgan fingerprint density at radius 1 is 1.42 bits per heavy atom. The molecule has 0 atom stereocenters. The first kappa shape index (κ1) is 18.4. The van der Waals surface area contributed by atoms with E-state index in [0.29, 0.717) is 27.7 Å². The number of nitrogens with zero attached hydrogens (tertiary/aromatic N) is 2. The second kappa shape index (κ2) is 7.31. The molecule has 0 radical (unpaired) electrons. The molecule has 1 N–H and O–H groups in total. The molecule has 2 aromatic rings. The average molecular weight is 365 g/mol. The highest BCUT2D eigenvalue weighted by Gasteiger charge is 2.16. The fourth-order valence-corrected chi connectivity index (χ4v) is 3.24. The summed E-state index contributed by atoms with van der Waals surface area (Å²) < 4.78 is 0.0201. The summed E-state index contributed by atoms with van der Waals surface area (Å²) in [4.78, 5) is 26.9. The molecule has 24 heavy (non-hydrogen) atoms. The van der Waals surface area contributed by atoms with E-state index in [-0.39, 0.29) is 16.3 Å². The summed E-state index contributed by atoms with van der Waals surface area (Å²) in [5.74, 6) is 0.250. The largest absolute Gasteiger partial charge is 0.301 e. The third-order valence-electron chi connectivity index (χ3n) is 3.09. The van der Waals surface area contributed by atoms with E-state index in [1.807, 2.05) is 0 Å². The maximum atomic E-state index is 11.9. The Morgan fingerprint density at radius 2 is 2.12 bits per heavy atom. The standard InChI is InChI=1S/C16H19N3O3S2/c1-10-5-6-11(7-13(10)19(21)22)12-8-23-15(17-12)18-14(20)9-24-16(2,3)4/h5-8H,9H2,1-4H3,(H,17,18,20). The minimum absolute atomic E-state index is 0.0201. The van der Waals surface area contributed by atoms with Crippen LogP contribution in [0.25, 0.3) is 11.3 Å². The molecule has 8 heteroatoms. The number of hydrogen-bond acceptors (Lipinski definition) is 6. The molecule has 0 spiro atoms. The van der Waals surface area contributed by atoms with Gasteiger partial charge in [-0.3, -0.25) is 14.9 Å². The maximum Gasteiger partial charge on any atom is 0.272 e. The van der Waals surface area contributed by atoms with E-state index >= 15 is 0 Å². The third-order valence-corrected chi connectivity index (χ3v) is 5.12. The van der Waals surface area contributed by atoms with Gasteiger partial charge in [-0.25, -0.2) is 4.98 Å². The van der Waals surface area contributed by atoms with E-state index in [1.54, 1.807) is 36.2 Å². The molecule has 0 fully saturated rings. The monoisotopic (exact) mass is 365 g/mol. The van der Waals surface area contributed by atoms with Crippen molar-refractivity contribution in [2.75, 3.05) is 11.1 Å². The number of amides is 1. The van der Waals surface area contributed by atoms with Crippen LogP contribution in [0.5, 0.6) is 0 Å². The number of aromatic nitrogens is 1. The molecule has 2 rings (SSSR count). The summed E-state index contributed by atoms with van der Waals surface area (Å²) in [6, 6.07) is 4.99. The lowest BCUT2D eigenvalue weighted by Gasteiger charge is -2.16. The number of nitrogens with one attached hydrogen (secondary N) is 1. The quantitative estimate of drug-likeness (QED) is 0.623. The van der Waals surface area contributed by atoms with Crippen LogP contribution in [0.4, 0.5) is 10.8 Å². The Kier molecular flexibility index (Phi) is 5.61. The van der Waals surface area contributed by atoms with Gasteiger partial charge in [-0.2, -0.15) is 0 Å². The van der Waals surface area contributed by atoms with Gasteiger partial charge in [0, 0.05) is 27.3 Å². The zero-order valence-corrected chi connectivity index (χ0v) is 15.6. The van der Waals surface area contributed by atoms with Gasteiger partial charge in [0.2, 0.25) is 5.91 Å². The summed E-state index contributed by atoms with van der Waals surface area (Å²) in [5, 5.41) is 16.1. The first-order chi connectivity index (χ1) is 11.2. The number of thioether (sulfide) groups is 1. The smallest absolute Gasteiger partial charge is 0.272 e. The van der Waals surface area contributed by atoms with Crippen molar-refractivity contribution in [3.63, 3.8) is 0 Å². The van der Waals surface area contributed by atoms with Crippen LogP contribution < -0.4 is 5.32 Å². The lowest BCUT2D eigenvalue weighted by atomic mass is 10.1. The van der Waals surface area contributed by atoms with Crippen LogP contribution in [0.1, 0.15) is 26.3 Å². The second-order valence-electron chi connectivity index (χ2n) is 6.25. The van der Waals surface area contributed by atoms with E-state index in [1.165, 1.54) is 17.4 Å². The number of hydrogen-bond donors (Lipinski definition) is 1. The first-order valence-electron chi connectivity index (χ1n) is 7.30. The summed E-state index contributed by atoms with van der Waals surface area (Å²) in [7, 11) is 0. The highest BCUT2D eigenvalue weighted by Crippen LogP contribution is 2.29. The Morgan fingerprint density at radius 3 is 2.75 bits per heavy atom. The summed E-state index contributed by atoms with van der Waals surface area (Å²) >= 11 is 2.86. The number of nitro groups is 1. The van der Waals surface area contributed by atoms with Crippen LogP contribution in [-0.4, -0.2) is 26.3 Å². The average Bonchev–Trinajstić information content (AvgIpc) is 2.93. The van der Waals surface area contributed by atoms with Gasteiger partial charge in [-0.15, -0.1) is 23.1 Å². The van der Waals surface area contributed by atoms with Crippen molar-refractivity contribution in [1.82, 2.24) is 4.98 Å². The van der Waals surface area contributed by atoms with E-state index in [2.05, 4.69) is 31.1 Å². The van der Waals surface area contributed by atoms with E-state index < -0.39 is 4.92 Å². The van der Waals surface area contributed by atoms with Crippen molar-refractivity contribution in [3.8, 4) is 11.3 Å². The van der Waals surface area contributed by atoms with Crippen molar-refractivity contribution in [1.29, 1.82) is 0 Å². The highest BCUT2D eigenvalue weighted by atomic mass is 32.2. The predicted molar refractivity (Wildman–Crippen MR) is 99.8 cm³/mol. The number of anilines is 1. The Hall–Kier alpha value is -1.93. The van der Waals surface area contributed by atoms with Gasteiger partial charge in [-0.05, 0) is 6.92 Å². The summed E-state index contributed by atoms with van der Waals surface area (Å²) in [6.07, 6.45) is 0. The number of thiazole rings is 1. The van der Waals surface area contributed by atoms with Gasteiger partial charge in [0.1, 0.15) is 0 Å². The lowest BCUT2D eigenvalue weighted by molar-refractivity contribution is -0.385. The lowest BCUT2D eigenvalue weighted by Crippen LogP contribution is -2.18. The molecule has 1 aromatic carbocycles. The molecule has 0 unspecified atom stereocenters. The number of aryl methyl sites for hydroxylation is 1. The van der Waals surface area contributed by atoms with Gasteiger partial charge >= 0.3 is 0 Å². The fraction of sp³-hybridized carbons (Fsp3) is 0.375. The van der Waals surface area contributed by atoms with Crippen molar-refractivity contribution in [3.05, 3.63) is 39.3 Å². The fourth-order valence-electron chi connectivity index (χ4n) is 1.87. The van der Waals surface area contributed by atoms with Gasteiger partial charge in [0.25, 0.3) is 5.69 Å². The molecule has 6 nitrogen and oxygen atoms in total. The van der Waals surface area contributed by atoms with Gasteiger partial charge in [0.15, 0.2) is 5.13 Å². The SMILES string of the molecule is Cc1ccc(-c2csc(NC(=O)CSC(C)(C)C)n2)cc1[N+](=O)[O-]. The molecule has 128 valence electrons. The number of carbonyl (C=O) groups is 1. The van der Waals surface area contributed by atoms with Crippen LogP contribution in [0.15, 0.2) is 23.6 Å². The second-order valence-corrected chi connectivity index (χ2v) is 8.91. The predicted octanol–water partition coefficient (Wildman–Crippen LogP) is 4.50. The van der Waals surface area contributed by atoms with Gasteiger partial charge < -0.3 is 5.32 Å². The molecule has 0 bridgehead atoms. The zero-order valence-electron chi connectivity index (χ0n) is 14.0. The Bertz CT molecular complexity index is 766. The normalized spacial score (nSPS) is 11.3. The molecule has 1 aromatic heterocycles. The van der Waals surface area contributed by atoms with Crippen LogP contribution in [0.2, 0.25) is 0 Å². The molecular formula is C16H19N3O3S2. The number of carbonyl (C=O) groups excluding carboxylic acids is 1. The summed E-state index contributed by atoms with van der Waals surface area (Å²) in [5.41, 5.74) is 1.94. The number of benzene rings is 1. The summed E-state index contributed by atoms with van der Waals surface area (Å²) in [6.45, 7) is 7.85. The van der Waals surface area contributed by atoms with Crippen molar-refractivity contribution < 1.29 is 9.72 Å². The minimum atomic E-state index is -0.405. The van der Waals surface area contributed by atoms with Crippen LogP contribution in [0.3, 0.4) is 0 Å². The van der Waals surface area contributed by atoms with Crippen LogP contribution in [-0.2, 0) is 4.79 Å². The maximum absolute atomic E-state index is 11.9. The Labute approximate surface area is 148 Å². The molecule has 0 aliphatic heterocycles. The first-order valence-corrected chi connectivity index (χ1v) is 9.17. The van der Waals surface area contributed by atoms with Crippen molar-refractivity contribution in [2.24, 2.45) is 0 Å². The van der Waals surface area contributed by atoms with Gasteiger partial charge in [-0.1, -0.05) is 32.9 Å². The van der Waals surface area contributed by atoms with Gasteiger partial charge in [0.05, 0.1) is 16.4 Å². The number of nitro benzene ring substituents is 1. The molecule has 0 aliphatic carbocycles. The molecule has 1 amide bonds. The van der Waals surface area contributed by atoms with E-state index in [9.17, 15) is 14.9 Å². The van der Waals surface area contributed by atoms with E-state index in [4.69, 9.17) is 0 Å². The van der Waals surface area contributed by atoms with Crippen molar-refractivity contribution >= 4 is 39.8 Å². The topological polar surface area (TPSA) is 85.1 Å². The minimum Gasteiger partial charge on any atom is -0.301 e. The molecule has 0 saturated heterocycles. The molecule has 0 saturated carbocycles. The number of rotatable bonds is 5. The third kappa shape index (κ3) is 5.04. The van der Waals surface area contributed by atoms with Crippen LogP contribution in [0, 0.1) is 17.0 Å². The molecular weight excluding hydrogens is 346 g/mol. The van der Waals surface area contributed by atoms with Crippen molar-refractivity contribution in [2.45, 2.75) is 32.4 Å². The van der Waals surface area contributed by atoms with E-state index in [0.717, 1.165) is 0 Å². The molecule has 0 aliphatic rings. The highest BCUT2D eigenvalue weighted by molar-refractivity contribution is 8.01.